The number of nitrogens with zero attached hydrogens (tertiary/aromatic N) is 2. The molecule has 0 aliphatic heterocycles. The number of carbonyl (C=O) groups is 1. The Kier molecular flexibility index (Phi) is 4.25. The second-order valence-electron chi connectivity index (χ2n) is 4.00. The molecule has 0 saturated heterocycles. The summed E-state index contributed by atoms with van der Waals surface area (Å²) in [5, 5.41) is 2.80. The number of nitrogens with one attached hydrogen (secondary N) is 1. The molecule has 1 unspecified atom stereocenters. The lowest BCUT2D eigenvalue weighted by Gasteiger charge is -2.16. The molecule has 0 radical (unpaired) electrons. The molecule has 5 heteroatoms. The summed E-state index contributed by atoms with van der Waals surface area (Å²) >= 11 is 0. The minimum absolute atomic E-state index is 0.0916. The largest absolute Gasteiger partial charge is 0.361 e. The average molecular weight is 222 g/mol. The first kappa shape index (κ1) is 12.4. The summed E-state index contributed by atoms with van der Waals surface area (Å²) in [6.45, 7) is 1.80. The SMILES string of the molecule is CC(N)CC(=O)Nc1cccnc1N(C)C. The first-order valence-corrected chi connectivity index (χ1v) is 5.18. The van der Waals surface area contributed by atoms with Gasteiger partial charge in [-0.1, -0.05) is 0 Å². The topological polar surface area (TPSA) is 71.2 Å². The van der Waals surface area contributed by atoms with E-state index >= 15 is 0 Å². The molecular weight excluding hydrogens is 204 g/mol. The van der Waals surface area contributed by atoms with Gasteiger partial charge in [-0.25, -0.2) is 4.98 Å². The van der Waals surface area contributed by atoms with Crippen LogP contribution in [0.4, 0.5) is 11.5 Å². The third-order valence-electron chi connectivity index (χ3n) is 1.99. The monoisotopic (exact) mass is 222 g/mol. The van der Waals surface area contributed by atoms with Crippen LogP contribution in [0.2, 0.25) is 0 Å². The molecule has 1 aromatic heterocycles. The highest BCUT2D eigenvalue weighted by Crippen LogP contribution is 2.20. The van der Waals surface area contributed by atoms with Gasteiger partial charge in [-0.15, -0.1) is 0 Å². The maximum absolute atomic E-state index is 11.6. The number of anilines is 2. The van der Waals surface area contributed by atoms with Gasteiger partial charge in [-0.05, 0) is 19.1 Å². The second kappa shape index (κ2) is 5.46. The Morgan fingerprint density at radius 2 is 2.31 bits per heavy atom. The van der Waals surface area contributed by atoms with Crippen LogP contribution >= 0.6 is 0 Å². The predicted octanol–water partition coefficient (Wildman–Crippen LogP) is 0.823. The van der Waals surface area contributed by atoms with Gasteiger partial charge in [0.05, 0.1) is 5.69 Å². The third-order valence-corrected chi connectivity index (χ3v) is 1.99. The molecule has 5 nitrogen and oxygen atoms in total. The molecule has 1 atom stereocenters. The zero-order valence-corrected chi connectivity index (χ0v) is 9.90. The Balaban J connectivity index is 2.77. The molecular formula is C11H18N4O. The minimum Gasteiger partial charge on any atom is -0.361 e. The van der Waals surface area contributed by atoms with Crippen molar-refractivity contribution in [1.29, 1.82) is 0 Å². The van der Waals surface area contributed by atoms with Gasteiger partial charge in [-0.3, -0.25) is 4.79 Å². The molecule has 1 rings (SSSR count). The third kappa shape index (κ3) is 3.51. The number of carbonyl (C=O) groups excluding carboxylic acids is 1. The molecule has 1 aromatic rings. The molecule has 16 heavy (non-hydrogen) atoms. The summed E-state index contributed by atoms with van der Waals surface area (Å²) in [7, 11) is 3.76. The lowest BCUT2D eigenvalue weighted by molar-refractivity contribution is -0.116. The number of pyridine rings is 1. The maximum atomic E-state index is 11.6. The lowest BCUT2D eigenvalue weighted by Crippen LogP contribution is -2.25. The number of amides is 1. The van der Waals surface area contributed by atoms with Crippen molar-refractivity contribution in [2.75, 3.05) is 24.3 Å². The van der Waals surface area contributed by atoms with Gasteiger partial charge in [0.2, 0.25) is 5.91 Å². The summed E-state index contributed by atoms with van der Waals surface area (Å²) in [4.78, 5) is 17.6. The van der Waals surface area contributed by atoms with E-state index < -0.39 is 0 Å². The zero-order chi connectivity index (χ0) is 12.1. The quantitative estimate of drug-likeness (QED) is 0.791. The van der Waals surface area contributed by atoms with Crippen molar-refractivity contribution in [3.8, 4) is 0 Å². The fourth-order valence-electron chi connectivity index (χ4n) is 1.34. The van der Waals surface area contributed by atoms with E-state index in [1.165, 1.54) is 0 Å². The molecule has 3 N–H and O–H groups in total. The Bertz CT molecular complexity index is 363. The molecule has 1 amide bonds. The highest BCUT2D eigenvalue weighted by molar-refractivity contribution is 5.93. The summed E-state index contributed by atoms with van der Waals surface area (Å²) in [5.74, 6) is 0.645. The Morgan fingerprint density at radius 3 is 2.88 bits per heavy atom. The van der Waals surface area contributed by atoms with Crippen molar-refractivity contribution in [2.45, 2.75) is 19.4 Å². The summed E-state index contributed by atoms with van der Waals surface area (Å²) < 4.78 is 0. The number of aromatic nitrogens is 1. The highest BCUT2D eigenvalue weighted by Gasteiger charge is 2.10. The van der Waals surface area contributed by atoms with Crippen LogP contribution in [0, 0.1) is 0 Å². The first-order chi connectivity index (χ1) is 7.50. The van der Waals surface area contributed by atoms with E-state index in [1.54, 1.807) is 19.2 Å². The first-order valence-electron chi connectivity index (χ1n) is 5.18. The fraction of sp³-hybridized carbons (Fsp3) is 0.455. The fourth-order valence-corrected chi connectivity index (χ4v) is 1.34. The Morgan fingerprint density at radius 1 is 1.62 bits per heavy atom. The van der Waals surface area contributed by atoms with Gasteiger partial charge >= 0.3 is 0 Å². The van der Waals surface area contributed by atoms with Gasteiger partial charge < -0.3 is 16.0 Å². The number of rotatable bonds is 4. The van der Waals surface area contributed by atoms with E-state index in [-0.39, 0.29) is 11.9 Å². The molecule has 0 saturated carbocycles. The highest BCUT2D eigenvalue weighted by atomic mass is 16.1. The van der Waals surface area contributed by atoms with Gasteiger partial charge in [0, 0.05) is 32.8 Å². The number of hydrogen-bond acceptors (Lipinski definition) is 4. The Labute approximate surface area is 95.7 Å². The van der Waals surface area contributed by atoms with Crippen molar-refractivity contribution >= 4 is 17.4 Å². The van der Waals surface area contributed by atoms with E-state index in [4.69, 9.17) is 5.73 Å². The molecule has 0 spiro atoms. The normalized spacial score (nSPS) is 12.0. The van der Waals surface area contributed by atoms with E-state index in [0.29, 0.717) is 12.1 Å². The molecule has 0 bridgehead atoms. The van der Waals surface area contributed by atoms with Crippen LogP contribution in [0.1, 0.15) is 13.3 Å². The van der Waals surface area contributed by atoms with Crippen molar-refractivity contribution < 1.29 is 4.79 Å². The summed E-state index contributed by atoms with van der Waals surface area (Å²) in [5.41, 5.74) is 6.26. The van der Waals surface area contributed by atoms with Crippen LogP contribution in [-0.4, -0.2) is 31.0 Å². The average Bonchev–Trinajstić information content (AvgIpc) is 2.16. The zero-order valence-electron chi connectivity index (χ0n) is 9.90. The number of hydrogen-bond donors (Lipinski definition) is 2. The second-order valence-corrected chi connectivity index (χ2v) is 4.00. The van der Waals surface area contributed by atoms with E-state index in [2.05, 4.69) is 10.3 Å². The minimum atomic E-state index is -0.139. The van der Waals surface area contributed by atoms with Crippen LogP contribution in [0.25, 0.3) is 0 Å². The molecule has 0 fully saturated rings. The van der Waals surface area contributed by atoms with Crippen LogP contribution in [0.15, 0.2) is 18.3 Å². The van der Waals surface area contributed by atoms with E-state index in [0.717, 1.165) is 5.82 Å². The lowest BCUT2D eigenvalue weighted by atomic mass is 10.2. The molecule has 0 aromatic carbocycles. The molecule has 0 aliphatic rings. The van der Waals surface area contributed by atoms with Gasteiger partial charge in [0.15, 0.2) is 5.82 Å². The van der Waals surface area contributed by atoms with Crippen LogP contribution in [-0.2, 0) is 4.79 Å². The predicted molar refractivity (Wildman–Crippen MR) is 65.5 cm³/mol. The van der Waals surface area contributed by atoms with Gasteiger partial charge in [0.25, 0.3) is 0 Å². The standard InChI is InChI=1S/C11H18N4O/c1-8(12)7-10(16)14-9-5-4-6-13-11(9)15(2)3/h4-6,8H,7,12H2,1-3H3,(H,14,16). The van der Waals surface area contributed by atoms with Crippen LogP contribution < -0.4 is 16.0 Å². The number of nitrogens with two attached hydrogens (primary N) is 1. The van der Waals surface area contributed by atoms with Crippen LogP contribution in [0.5, 0.6) is 0 Å². The van der Waals surface area contributed by atoms with Crippen LogP contribution in [0.3, 0.4) is 0 Å². The van der Waals surface area contributed by atoms with E-state index in [9.17, 15) is 4.79 Å². The maximum Gasteiger partial charge on any atom is 0.226 e. The van der Waals surface area contributed by atoms with Crippen molar-refractivity contribution in [3.05, 3.63) is 18.3 Å². The molecule has 1 heterocycles. The molecule has 0 aliphatic carbocycles. The summed E-state index contributed by atoms with van der Waals surface area (Å²) in [6.07, 6.45) is 2.00. The molecule has 88 valence electrons. The Hall–Kier alpha value is -1.62. The summed E-state index contributed by atoms with van der Waals surface area (Å²) in [6, 6.07) is 3.47. The van der Waals surface area contributed by atoms with Gasteiger partial charge in [0.1, 0.15) is 0 Å². The van der Waals surface area contributed by atoms with Crippen molar-refractivity contribution in [1.82, 2.24) is 4.98 Å². The van der Waals surface area contributed by atoms with Crippen molar-refractivity contribution in [3.63, 3.8) is 0 Å². The van der Waals surface area contributed by atoms with Crippen molar-refractivity contribution in [2.24, 2.45) is 5.73 Å². The van der Waals surface area contributed by atoms with Gasteiger partial charge in [-0.2, -0.15) is 0 Å². The smallest absolute Gasteiger partial charge is 0.226 e. The van der Waals surface area contributed by atoms with E-state index in [1.807, 2.05) is 25.1 Å².